The number of hydrogen-bond donors (Lipinski definition) is 0. The molecular formula is C11H11BrClNO. The van der Waals surface area contributed by atoms with Crippen LogP contribution in [0, 0.1) is 25.2 Å². The Morgan fingerprint density at radius 1 is 1.47 bits per heavy atom. The minimum atomic E-state index is -0.603. The predicted octanol–water partition coefficient (Wildman–Crippen LogP) is 3.58. The van der Waals surface area contributed by atoms with Crippen LogP contribution in [0.2, 0.25) is 0 Å². The lowest BCUT2D eigenvalue weighted by Gasteiger charge is -2.10. The molecule has 0 heterocycles. The Kier molecular flexibility index (Phi) is 4.44. The zero-order valence-electron chi connectivity index (χ0n) is 8.55. The summed E-state index contributed by atoms with van der Waals surface area (Å²) in [5.41, 5.74) is 2.21. The van der Waals surface area contributed by atoms with Gasteiger partial charge in [-0.25, -0.2) is 0 Å². The molecule has 1 rings (SSSR count). The van der Waals surface area contributed by atoms with Crippen molar-refractivity contribution in [1.82, 2.24) is 0 Å². The van der Waals surface area contributed by atoms with E-state index in [4.69, 9.17) is 21.6 Å². The van der Waals surface area contributed by atoms with Gasteiger partial charge in [0.15, 0.2) is 5.38 Å². The van der Waals surface area contributed by atoms with Gasteiger partial charge < -0.3 is 4.74 Å². The maximum absolute atomic E-state index is 8.50. The van der Waals surface area contributed by atoms with Crippen LogP contribution in [0.4, 0.5) is 0 Å². The molecule has 0 aliphatic carbocycles. The van der Waals surface area contributed by atoms with E-state index in [1.165, 1.54) is 0 Å². The fourth-order valence-corrected chi connectivity index (χ4v) is 1.49. The number of aryl methyl sites for hydroxylation is 2. The van der Waals surface area contributed by atoms with Gasteiger partial charge >= 0.3 is 0 Å². The number of rotatable bonds is 3. The Labute approximate surface area is 103 Å². The van der Waals surface area contributed by atoms with Crippen LogP contribution < -0.4 is 4.74 Å². The first-order valence-corrected chi connectivity index (χ1v) is 5.70. The van der Waals surface area contributed by atoms with Crippen molar-refractivity contribution < 1.29 is 4.74 Å². The number of hydrogen-bond acceptors (Lipinski definition) is 2. The summed E-state index contributed by atoms with van der Waals surface area (Å²) in [6.45, 7) is 4.19. The van der Waals surface area contributed by atoms with Gasteiger partial charge in [-0.15, -0.1) is 11.6 Å². The number of benzene rings is 1. The first kappa shape index (κ1) is 12.4. The first-order chi connectivity index (χ1) is 7.04. The fraction of sp³-hybridized carbons (Fsp3) is 0.364. The summed E-state index contributed by atoms with van der Waals surface area (Å²) in [4.78, 5) is 0. The average Bonchev–Trinajstić information content (AvgIpc) is 2.22. The van der Waals surface area contributed by atoms with Gasteiger partial charge in [0.05, 0.1) is 6.07 Å². The zero-order valence-corrected chi connectivity index (χ0v) is 10.9. The summed E-state index contributed by atoms with van der Waals surface area (Å²) >= 11 is 9.10. The molecule has 2 nitrogen and oxygen atoms in total. The lowest BCUT2D eigenvalue weighted by Crippen LogP contribution is -2.09. The Morgan fingerprint density at radius 3 is 2.47 bits per heavy atom. The Bertz CT molecular complexity index is 377. The van der Waals surface area contributed by atoms with Gasteiger partial charge in [0.2, 0.25) is 0 Å². The molecule has 0 saturated heterocycles. The number of nitrogens with zero attached hydrogens (tertiary/aromatic N) is 1. The van der Waals surface area contributed by atoms with E-state index >= 15 is 0 Å². The molecule has 0 aliphatic heterocycles. The van der Waals surface area contributed by atoms with E-state index in [2.05, 4.69) is 15.9 Å². The molecule has 0 aromatic heterocycles. The van der Waals surface area contributed by atoms with Gasteiger partial charge in [-0.3, -0.25) is 0 Å². The molecule has 0 N–H and O–H groups in total. The normalized spacial score (nSPS) is 11.9. The van der Waals surface area contributed by atoms with Gasteiger partial charge in [-0.05, 0) is 37.1 Å². The Hall–Kier alpha value is -0.720. The van der Waals surface area contributed by atoms with Crippen LogP contribution in [-0.2, 0) is 0 Å². The molecular weight excluding hydrogens is 277 g/mol. The topological polar surface area (TPSA) is 33.0 Å². The van der Waals surface area contributed by atoms with Gasteiger partial charge in [-0.2, -0.15) is 5.26 Å². The summed E-state index contributed by atoms with van der Waals surface area (Å²) in [5, 5.41) is 7.89. The molecule has 0 bridgehead atoms. The van der Waals surface area contributed by atoms with Crippen LogP contribution in [0.3, 0.4) is 0 Å². The van der Waals surface area contributed by atoms with Crippen molar-refractivity contribution in [2.75, 3.05) is 6.61 Å². The second-order valence-electron chi connectivity index (χ2n) is 3.28. The largest absolute Gasteiger partial charge is 0.491 e. The van der Waals surface area contributed by atoms with Crippen molar-refractivity contribution in [2.24, 2.45) is 0 Å². The van der Waals surface area contributed by atoms with Crippen molar-refractivity contribution in [3.05, 3.63) is 27.7 Å². The first-order valence-electron chi connectivity index (χ1n) is 4.48. The van der Waals surface area contributed by atoms with Gasteiger partial charge in [0, 0.05) is 4.47 Å². The van der Waals surface area contributed by atoms with Crippen molar-refractivity contribution in [3.63, 3.8) is 0 Å². The van der Waals surface area contributed by atoms with Crippen molar-refractivity contribution in [3.8, 4) is 11.8 Å². The lowest BCUT2D eigenvalue weighted by molar-refractivity contribution is 0.328. The minimum Gasteiger partial charge on any atom is -0.491 e. The maximum atomic E-state index is 8.50. The summed E-state index contributed by atoms with van der Waals surface area (Å²) in [5.74, 6) is 0.745. The zero-order chi connectivity index (χ0) is 11.4. The molecule has 0 radical (unpaired) electrons. The maximum Gasteiger partial charge on any atom is 0.154 e. The number of alkyl halides is 1. The molecule has 1 aromatic rings. The highest BCUT2D eigenvalue weighted by Crippen LogP contribution is 2.26. The van der Waals surface area contributed by atoms with E-state index in [1.807, 2.05) is 32.0 Å². The van der Waals surface area contributed by atoms with Gasteiger partial charge in [-0.1, -0.05) is 15.9 Å². The second-order valence-corrected chi connectivity index (χ2v) is 4.60. The molecule has 0 saturated carbocycles. The van der Waals surface area contributed by atoms with Crippen molar-refractivity contribution in [1.29, 1.82) is 5.26 Å². The Balaban J connectivity index is 2.76. The molecule has 0 aliphatic rings. The summed E-state index contributed by atoms with van der Waals surface area (Å²) in [6, 6.07) is 5.74. The smallest absolute Gasteiger partial charge is 0.154 e. The molecule has 4 heteroatoms. The highest BCUT2D eigenvalue weighted by atomic mass is 79.9. The SMILES string of the molecule is Cc1cc(OCC(Cl)C#N)cc(C)c1Br. The average molecular weight is 289 g/mol. The predicted molar refractivity (Wildman–Crippen MR) is 64.4 cm³/mol. The molecule has 1 aromatic carbocycles. The van der Waals surface area contributed by atoms with E-state index in [0.717, 1.165) is 21.3 Å². The third-order valence-electron chi connectivity index (χ3n) is 1.95. The van der Waals surface area contributed by atoms with Crippen molar-refractivity contribution >= 4 is 27.5 Å². The van der Waals surface area contributed by atoms with E-state index in [1.54, 1.807) is 0 Å². The third kappa shape index (κ3) is 3.40. The monoisotopic (exact) mass is 287 g/mol. The van der Waals surface area contributed by atoms with Gasteiger partial charge in [0.25, 0.3) is 0 Å². The number of halogens is 2. The van der Waals surface area contributed by atoms with Crippen LogP contribution in [0.1, 0.15) is 11.1 Å². The highest BCUT2D eigenvalue weighted by molar-refractivity contribution is 9.10. The van der Waals surface area contributed by atoms with Crippen LogP contribution in [0.5, 0.6) is 5.75 Å². The van der Waals surface area contributed by atoms with Crippen LogP contribution in [0.25, 0.3) is 0 Å². The van der Waals surface area contributed by atoms with Crippen molar-refractivity contribution in [2.45, 2.75) is 19.2 Å². The van der Waals surface area contributed by atoms with Gasteiger partial charge in [0.1, 0.15) is 12.4 Å². The van der Waals surface area contributed by atoms with Crippen LogP contribution in [-0.4, -0.2) is 12.0 Å². The standard InChI is InChI=1S/C11H11BrClNO/c1-7-3-10(4-8(2)11(7)12)15-6-9(13)5-14/h3-4,9H,6H2,1-2H3. The molecule has 0 spiro atoms. The molecule has 80 valence electrons. The molecule has 1 unspecified atom stereocenters. The van der Waals surface area contributed by atoms with E-state index in [-0.39, 0.29) is 6.61 Å². The summed E-state index contributed by atoms with van der Waals surface area (Å²) in [6.07, 6.45) is 0. The Morgan fingerprint density at radius 2 is 2.00 bits per heavy atom. The molecule has 0 amide bonds. The van der Waals surface area contributed by atoms with E-state index in [9.17, 15) is 0 Å². The number of ether oxygens (including phenoxy) is 1. The highest BCUT2D eigenvalue weighted by Gasteiger charge is 2.06. The van der Waals surface area contributed by atoms with Crippen LogP contribution >= 0.6 is 27.5 Å². The van der Waals surface area contributed by atoms with E-state index in [0.29, 0.717) is 0 Å². The quantitative estimate of drug-likeness (QED) is 0.797. The number of nitriles is 1. The molecule has 0 fully saturated rings. The molecule has 1 atom stereocenters. The van der Waals surface area contributed by atoms with E-state index < -0.39 is 5.38 Å². The lowest BCUT2D eigenvalue weighted by atomic mass is 10.1. The second kappa shape index (κ2) is 5.39. The third-order valence-corrected chi connectivity index (χ3v) is 3.42. The molecule has 15 heavy (non-hydrogen) atoms. The summed E-state index contributed by atoms with van der Waals surface area (Å²) in [7, 11) is 0. The minimum absolute atomic E-state index is 0.207. The van der Waals surface area contributed by atoms with Crippen LogP contribution in [0.15, 0.2) is 16.6 Å². The summed E-state index contributed by atoms with van der Waals surface area (Å²) < 4.78 is 6.48. The fourth-order valence-electron chi connectivity index (χ4n) is 1.20.